The second-order valence-corrected chi connectivity index (χ2v) is 4.87. The Labute approximate surface area is 102 Å². The fraction of sp³-hybridized carbons (Fsp3) is 0.625. The van der Waals surface area contributed by atoms with E-state index < -0.39 is 0 Å². The lowest BCUT2D eigenvalue weighted by molar-refractivity contribution is 0.913. The van der Waals surface area contributed by atoms with E-state index in [-0.39, 0.29) is 0 Å². The van der Waals surface area contributed by atoms with Crippen molar-refractivity contribution in [3.8, 4) is 0 Å². The molecule has 0 aliphatic heterocycles. The van der Waals surface area contributed by atoms with Crippen molar-refractivity contribution in [3.63, 3.8) is 0 Å². The van der Waals surface area contributed by atoms with Gasteiger partial charge in [0, 0.05) is 0 Å². The van der Waals surface area contributed by atoms with Gasteiger partial charge in [0.1, 0.15) is 0 Å². The molecule has 16 heavy (non-hydrogen) atoms. The maximum atomic E-state index is 2.39. The highest BCUT2D eigenvalue weighted by molar-refractivity contribution is 5.05. The predicted molar refractivity (Wildman–Crippen MR) is 75.7 cm³/mol. The molecule has 0 N–H and O–H groups in total. The Morgan fingerprint density at radius 1 is 0.750 bits per heavy atom. The van der Waals surface area contributed by atoms with Gasteiger partial charge in [-0.25, -0.2) is 0 Å². The van der Waals surface area contributed by atoms with Crippen LogP contribution in [0.2, 0.25) is 0 Å². The zero-order chi connectivity index (χ0) is 12.4. The SMILES string of the molecule is CC/C=C(\C)CC/C=C(/C)CCC=C(C)C. The molecule has 0 rings (SSSR count). The first-order valence-electron chi connectivity index (χ1n) is 6.50. The minimum atomic E-state index is 1.16. The van der Waals surface area contributed by atoms with Crippen molar-refractivity contribution < 1.29 is 0 Å². The second-order valence-electron chi connectivity index (χ2n) is 4.87. The number of allylic oxidation sites excluding steroid dienone is 6. The molecule has 0 unspecified atom stereocenters. The van der Waals surface area contributed by atoms with E-state index in [1.807, 2.05) is 0 Å². The molecule has 0 aromatic rings. The van der Waals surface area contributed by atoms with Crippen molar-refractivity contribution in [2.45, 2.75) is 66.7 Å². The average Bonchev–Trinajstić information content (AvgIpc) is 2.17. The third-order valence-electron chi connectivity index (χ3n) is 2.68. The molecule has 0 bridgehead atoms. The zero-order valence-corrected chi connectivity index (χ0v) is 11.8. The zero-order valence-electron chi connectivity index (χ0n) is 11.8. The van der Waals surface area contributed by atoms with Gasteiger partial charge in [0.25, 0.3) is 0 Å². The average molecular weight is 220 g/mol. The van der Waals surface area contributed by atoms with E-state index in [1.54, 1.807) is 0 Å². The van der Waals surface area contributed by atoms with Gasteiger partial charge in [-0.05, 0) is 59.8 Å². The first kappa shape index (κ1) is 15.2. The van der Waals surface area contributed by atoms with Crippen molar-refractivity contribution in [3.05, 3.63) is 34.9 Å². The van der Waals surface area contributed by atoms with Crippen LogP contribution in [0.4, 0.5) is 0 Å². The summed E-state index contributed by atoms with van der Waals surface area (Å²) < 4.78 is 0. The van der Waals surface area contributed by atoms with E-state index in [9.17, 15) is 0 Å². The van der Waals surface area contributed by atoms with Crippen LogP contribution in [0.5, 0.6) is 0 Å². The molecule has 0 saturated heterocycles. The fourth-order valence-electron chi connectivity index (χ4n) is 1.69. The normalized spacial score (nSPS) is 12.8. The van der Waals surface area contributed by atoms with Crippen LogP contribution in [-0.2, 0) is 0 Å². The van der Waals surface area contributed by atoms with Crippen LogP contribution in [0.25, 0.3) is 0 Å². The summed E-state index contributed by atoms with van der Waals surface area (Å²) >= 11 is 0. The van der Waals surface area contributed by atoms with Gasteiger partial charge in [-0.15, -0.1) is 0 Å². The molecule has 0 saturated carbocycles. The summed E-state index contributed by atoms with van der Waals surface area (Å²) in [5.74, 6) is 0. The van der Waals surface area contributed by atoms with E-state index in [1.165, 1.54) is 42.4 Å². The lowest BCUT2D eigenvalue weighted by Gasteiger charge is -2.00. The Hall–Kier alpha value is -0.780. The maximum absolute atomic E-state index is 2.39. The lowest BCUT2D eigenvalue weighted by Crippen LogP contribution is -1.80. The molecule has 0 aliphatic carbocycles. The molecule has 0 heterocycles. The minimum absolute atomic E-state index is 1.16. The smallest absolute Gasteiger partial charge is 0.0288 e. The first-order chi connectivity index (χ1) is 7.56. The first-order valence-corrected chi connectivity index (χ1v) is 6.50. The van der Waals surface area contributed by atoms with Crippen molar-refractivity contribution >= 4 is 0 Å². The van der Waals surface area contributed by atoms with E-state index in [0.29, 0.717) is 0 Å². The number of hydrogen-bond acceptors (Lipinski definition) is 0. The van der Waals surface area contributed by atoms with Crippen molar-refractivity contribution in [1.82, 2.24) is 0 Å². The summed E-state index contributed by atoms with van der Waals surface area (Å²) in [5, 5.41) is 0. The molecular weight excluding hydrogens is 192 g/mol. The largest absolute Gasteiger partial charge is 0.0859 e. The second kappa shape index (κ2) is 9.45. The van der Waals surface area contributed by atoms with Crippen molar-refractivity contribution in [2.75, 3.05) is 0 Å². The summed E-state index contributed by atoms with van der Waals surface area (Å²) in [6, 6.07) is 0. The lowest BCUT2D eigenvalue weighted by atomic mass is 10.1. The monoisotopic (exact) mass is 220 g/mol. The Morgan fingerprint density at radius 2 is 1.25 bits per heavy atom. The van der Waals surface area contributed by atoms with Crippen LogP contribution in [0.3, 0.4) is 0 Å². The van der Waals surface area contributed by atoms with Gasteiger partial charge < -0.3 is 0 Å². The van der Waals surface area contributed by atoms with E-state index in [0.717, 1.165) is 6.42 Å². The highest BCUT2D eigenvalue weighted by atomic mass is 14.0. The van der Waals surface area contributed by atoms with Crippen LogP contribution in [0.15, 0.2) is 34.9 Å². The van der Waals surface area contributed by atoms with Crippen molar-refractivity contribution in [1.29, 1.82) is 0 Å². The third kappa shape index (κ3) is 9.76. The molecule has 0 aromatic heterocycles. The van der Waals surface area contributed by atoms with E-state index >= 15 is 0 Å². The standard InChI is InChI=1S/C16H28/c1-6-9-15(4)12-8-13-16(5)11-7-10-14(2)3/h9-10,13H,6-8,11-12H2,1-5H3/b15-9+,16-13-. The molecule has 0 atom stereocenters. The summed E-state index contributed by atoms with van der Waals surface area (Å²) in [7, 11) is 0. The van der Waals surface area contributed by atoms with Crippen LogP contribution in [-0.4, -0.2) is 0 Å². The van der Waals surface area contributed by atoms with E-state index in [2.05, 4.69) is 52.8 Å². The third-order valence-corrected chi connectivity index (χ3v) is 2.68. The molecule has 0 aromatic carbocycles. The molecule has 0 heteroatoms. The van der Waals surface area contributed by atoms with Gasteiger partial charge in [-0.1, -0.05) is 41.9 Å². The summed E-state index contributed by atoms with van der Waals surface area (Å²) in [5.41, 5.74) is 4.48. The Kier molecular flexibility index (Phi) is 8.99. The molecule has 92 valence electrons. The summed E-state index contributed by atoms with van der Waals surface area (Å²) in [4.78, 5) is 0. The van der Waals surface area contributed by atoms with Gasteiger partial charge in [0.2, 0.25) is 0 Å². The maximum Gasteiger partial charge on any atom is -0.0288 e. The quantitative estimate of drug-likeness (QED) is 0.474. The number of rotatable bonds is 7. The van der Waals surface area contributed by atoms with Crippen LogP contribution >= 0.6 is 0 Å². The Morgan fingerprint density at radius 3 is 1.75 bits per heavy atom. The molecule has 0 nitrogen and oxygen atoms in total. The predicted octanol–water partition coefficient (Wildman–Crippen LogP) is 5.82. The number of hydrogen-bond donors (Lipinski definition) is 0. The van der Waals surface area contributed by atoms with Gasteiger partial charge in [0.05, 0.1) is 0 Å². The van der Waals surface area contributed by atoms with Gasteiger partial charge >= 0.3 is 0 Å². The van der Waals surface area contributed by atoms with Crippen LogP contribution < -0.4 is 0 Å². The molecule has 0 radical (unpaired) electrons. The van der Waals surface area contributed by atoms with Crippen molar-refractivity contribution in [2.24, 2.45) is 0 Å². The van der Waals surface area contributed by atoms with Crippen LogP contribution in [0, 0.1) is 0 Å². The molecule has 0 aliphatic rings. The Bertz CT molecular complexity index is 260. The topological polar surface area (TPSA) is 0 Å². The highest BCUT2D eigenvalue weighted by Gasteiger charge is 1.91. The minimum Gasteiger partial charge on any atom is -0.0859 e. The highest BCUT2D eigenvalue weighted by Crippen LogP contribution is 2.11. The molecular formula is C16H28. The molecule has 0 spiro atoms. The van der Waals surface area contributed by atoms with E-state index in [4.69, 9.17) is 0 Å². The summed E-state index contributed by atoms with van der Waals surface area (Å²) in [6.45, 7) is 11.0. The Balaban J connectivity index is 3.79. The van der Waals surface area contributed by atoms with Gasteiger partial charge in [0.15, 0.2) is 0 Å². The summed E-state index contributed by atoms with van der Waals surface area (Å²) in [6.07, 6.45) is 13.0. The molecule has 0 fully saturated rings. The molecule has 0 amide bonds. The fourth-order valence-corrected chi connectivity index (χ4v) is 1.69. The van der Waals surface area contributed by atoms with Gasteiger partial charge in [-0.3, -0.25) is 0 Å². The van der Waals surface area contributed by atoms with Crippen LogP contribution in [0.1, 0.15) is 66.7 Å². The van der Waals surface area contributed by atoms with Gasteiger partial charge in [-0.2, -0.15) is 0 Å².